The van der Waals surface area contributed by atoms with Gasteiger partial charge in [-0.05, 0) is 31.2 Å². The normalized spacial score (nSPS) is 22.4. The first-order valence-electron chi connectivity index (χ1n) is 13.4. The SMILES string of the molecule is CCOC(=O)C(CC(=O)O)N1CCN(CC2CN(c3ccc(C4=NC(c5ccccc5)ON4)cc3)C(=O)O2)CC1. The molecule has 1 amide bonds. The monoisotopic (exact) mass is 551 g/mol. The number of carboxylic acid groups (broad SMARTS) is 1. The lowest BCUT2D eigenvalue weighted by atomic mass is 10.1. The summed E-state index contributed by atoms with van der Waals surface area (Å²) in [6.07, 6.45) is -1.42. The molecule has 3 aliphatic rings. The van der Waals surface area contributed by atoms with E-state index >= 15 is 0 Å². The third-order valence-electron chi connectivity index (χ3n) is 7.16. The number of hydrogen-bond donors (Lipinski definition) is 2. The third kappa shape index (κ3) is 6.41. The summed E-state index contributed by atoms with van der Waals surface area (Å²) < 4.78 is 10.7. The molecule has 3 unspecified atom stereocenters. The molecule has 2 N–H and O–H groups in total. The number of esters is 1. The van der Waals surface area contributed by atoms with Crippen LogP contribution in [0.3, 0.4) is 0 Å². The van der Waals surface area contributed by atoms with Crippen molar-refractivity contribution in [1.29, 1.82) is 0 Å². The molecule has 40 heavy (non-hydrogen) atoms. The van der Waals surface area contributed by atoms with E-state index in [9.17, 15) is 19.5 Å². The number of amidine groups is 1. The average molecular weight is 552 g/mol. The van der Waals surface area contributed by atoms with Crippen molar-refractivity contribution in [2.45, 2.75) is 31.7 Å². The predicted octanol–water partition coefficient (Wildman–Crippen LogP) is 2.02. The van der Waals surface area contributed by atoms with Gasteiger partial charge in [0.1, 0.15) is 12.1 Å². The van der Waals surface area contributed by atoms with Gasteiger partial charge < -0.3 is 14.6 Å². The van der Waals surface area contributed by atoms with E-state index in [1.165, 1.54) is 0 Å². The van der Waals surface area contributed by atoms with Crippen LogP contribution in [0.2, 0.25) is 0 Å². The quantitative estimate of drug-likeness (QED) is 0.423. The molecule has 12 heteroatoms. The molecular weight excluding hydrogens is 518 g/mol. The van der Waals surface area contributed by atoms with Crippen LogP contribution in [0.5, 0.6) is 0 Å². The Balaban J connectivity index is 1.13. The highest BCUT2D eigenvalue weighted by atomic mass is 16.7. The Morgan fingerprint density at radius 2 is 1.82 bits per heavy atom. The number of anilines is 1. The van der Waals surface area contributed by atoms with Gasteiger partial charge in [0.15, 0.2) is 5.84 Å². The summed E-state index contributed by atoms with van der Waals surface area (Å²) in [6, 6.07) is 16.4. The summed E-state index contributed by atoms with van der Waals surface area (Å²) in [4.78, 5) is 52.1. The molecule has 0 aromatic heterocycles. The van der Waals surface area contributed by atoms with Crippen molar-refractivity contribution >= 4 is 29.6 Å². The number of hydrogen-bond acceptors (Lipinski definition) is 10. The van der Waals surface area contributed by atoms with Crippen molar-refractivity contribution in [3.8, 4) is 0 Å². The highest BCUT2D eigenvalue weighted by Crippen LogP contribution is 2.26. The second kappa shape index (κ2) is 12.5. The van der Waals surface area contributed by atoms with Gasteiger partial charge in [0, 0.05) is 49.5 Å². The van der Waals surface area contributed by atoms with Crippen LogP contribution in [0, 0.1) is 0 Å². The Labute approximate surface area is 232 Å². The van der Waals surface area contributed by atoms with Crippen LogP contribution >= 0.6 is 0 Å². The Morgan fingerprint density at radius 1 is 1.10 bits per heavy atom. The van der Waals surface area contributed by atoms with Gasteiger partial charge in [-0.3, -0.25) is 24.3 Å². The minimum absolute atomic E-state index is 0.204. The number of aliphatic carboxylic acids is 1. The number of amides is 1. The van der Waals surface area contributed by atoms with E-state index in [1.54, 1.807) is 11.8 Å². The van der Waals surface area contributed by atoms with E-state index in [0.29, 0.717) is 45.1 Å². The Hall–Kier alpha value is -4.00. The molecule has 0 saturated carbocycles. The second-order valence-corrected chi connectivity index (χ2v) is 9.83. The summed E-state index contributed by atoms with van der Waals surface area (Å²) in [5, 5.41) is 9.23. The van der Waals surface area contributed by atoms with Crippen LogP contribution in [-0.4, -0.2) is 96.8 Å². The lowest BCUT2D eigenvalue weighted by molar-refractivity contribution is -0.155. The number of rotatable bonds is 10. The van der Waals surface area contributed by atoms with E-state index in [0.717, 1.165) is 16.8 Å². The molecule has 3 atom stereocenters. The van der Waals surface area contributed by atoms with Crippen LogP contribution in [0.15, 0.2) is 59.6 Å². The number of aliphatic imine (C=N–C) groups is 1. The fraction of sp³-hybridized carbons (Fsp3) is 0.429. The lowest BCUT2D eigenvalue weighted by Gasteiger charge is -2.38. The number of ether oxygens (including phenoxy) is 2. The third-order valence-corrected chi connectivity index (χ3v) is 7.16. The smallest absolute Gasteiger partial charge is 0.414 e. The lowest BCUT2D eigenvalue weighted by Crippen LogP contribution is -2.54. The van der Waals surface area contributed by atoms with Crippen LogP contribution < -0.4 is 10.4 Å². The van der Waals surface area contributed by atoms with Gasteiger partial charge in [0.2, 0.25) is 6.23 Å². The van der Waals surface area contributed by atoms with Gasteiger partial charge in [-0.15, -0.1) is 0 Å². The number of carbonyl (C=O) groups is 3. The Morgan fingerprint density at radius 3 is 2.50 bits per heavy atom. The number of nitrogens with one attached hydrogen (secondary N) is 1. The summed E-state index contributed by atoms with van der Waals surface area (Å²) in [6.45, 7) is 5.17. The molecule has 212 valence electrons. The molecule has 0 bridgehead atoms. The molecule has 0 aliphatic carbocycles. The predicted molar refractivity (Wildman–Crippen MR) is 145 cm³/mol. The molecular formula is C28H33N5O7. The first kappa shape index (κ1) is 27.6. The van der Waals surface area contributed by atoms with Gasteiger partial charge in [0.05, 0.1) is 19.6 Å². The number of cyclic esters (lactones) is 1. The van der Waals surface area contributed by atoms with Crippen LogP contribution in [-0.2, 0) is 23.9 Å². The molecule has 2 saturated heterocycles. The van der Waals surface area contributed by atoms with Crippen LogP contribution in [0.4, 0.5) is 10.5 Å². The Bertz CT molecular complexity index is 1230. The summed E-state index contributed by atoms with van der Waals surface area (Å²) in [7, 11) is 0. The molecule has 5 rings (SSSR count). The van der Waals surface area contributed by atoms with Crippen molar-refractivity contribution in [3.63, 3.8) is 0 Å². The summed E-state index contributed by atoms with van der Waals surface area (Å²) in [5.41, 5.74) is 5.41. The molecule has 0 spiro atoms. The molecule has 0 radical (unpaired) electrons. The van der Waals surface area contributed by atoms with Crippen LogP contribution in [0.25, 0.3) is 0 Å². The standard InChI is InChI=1S/C28H33N5O7/c1-2-38-27(36)23(16-24(34)35)32-14-12-31(13-15-32)17-22-18-33(28(37)39-22)21-10-8-19(9-11-21)25-29-26(40-30-25)20-6-4-3-5-7-20/h3-11,22-23,26H,2,12-18H2,1H3,(H,29,30)(H,34,35). The first-order chi connectivity index (χ1) is 19.4. The van der Waals surface area contributed by atoms with Crippen molar-refractivity contribution in [2.24, 2.45) is 4.99 Å². The van der Waals surface area contributed by atoms with Crippen molar-refractivity contribution < 1.29 is 33.8 Å². The average Bonchev–Trinajstić information content (AvgIpc) is 3.60. The zero-order chi connectivity index (χ0) is 28.1. The van der Waals surface area contributed by atoms with E-state index in [2.05, 4.69) is 15.4 Å². The first-order valence-corrected chi connectivity index (χ1v) is 13.4. The number of nitrogens with zero attached hydrogens (tertiary/aromatic N) is 4. The van der Waals surface area contributed by atoms with Gasteiger partial charge in [0.25, 0.3) is 0 Å². The topological polar surface area (TPSA) is 133 Å². The number of piperazine rings is 1. The highest BCUT2D eigenvalue weighted by Gasteiger charge is 2.36. The minimum atomic E-state index is -1.04. The van der Waals surface area contributed by atoms with Crippen LogP contribution in [0.1, 0.15) is 30.7 Å². The largest absolute Gasteiger partial charge is 0.481 e. The highest BCUT2D eigenvalue weighted by molar-refractivity contribution is 5.99. The number of carboxylic acids is 1. The van der Waals surface area contributed by atoms with E-state index in [-0.39, 0.29) is 19.1 Å². The molecule has 12 nitrogen and oxygen atoms in total. The molecule has 3 heterocycles. The van der Waals surface area contributed by atoms with Crippen molar-refractivity contribution in [3.05, 3.63) is 65.7 Å². The molecule has 3 aliphatic heterocycles. The van der Waals surface area contributed by atoms with Gasteiger partial charge in [-0.25, -0.2) is 20.1 Å². The van der Waals surface area contributed by atoms with E-state index in [4.69, 9.17) is 14.3 Å². The number of carbonyl (C=O) groups excluding carboxylic acids is 2. The summed E-state index contributed by atoms with van der Waals surface area (Å²) >= 11 is 0. The fourth-order valence-corrected chi connectivity index (χ4v) is 5.11. The minimum Gasteiger partial charge on any atom is -0.481 e. The van der Waals surface area contributed by atoms with Gasteiger partial charge in [-0.2, -0.15) is 0 Å². The zero-order valence-electron chi connectivity index (χ0n) is 22.3. The number of hydroxylamine groups is 1. The molecule has 2 aromatic rings. The van der Waals surface area contributed by atoms with E-state index < -0.39 is 30.3 Å². The van der Waals surface area contributed by atoms with Gasteiger partial charge in [-0.1, -0.05) is 30.3 Å². The van der Waals surface area contributed by atoms with Crippen molar-refractivity contribution in [2.75, 3.05) is 50.8 Å². The summed E-state index contributed by atoms with van der Waals surface area (Å²) in [5.74, 6) is -0.928. The molecule has 2 aromatic carbocycles. The second-order valence-electron chi connectivity index (χ2n) is 9.83. The van der Waals surface area contributed by atoms with Crippen molar-refractivity contribution in [1.82, 2.24) is 15.3 Å². The maximum Gasteiger partial charge on any atom is 0.414 e. The molecule has 2 fully saturated rings. The fourth-order valence-electron chi connectivity index (χ4n) is 5.11. The zero-order valence-corrected chi connectivity index (χ0v) is 22.3. The van der Waals surface area contributed by atoms with E-state index in [1.807, 2.05) is 59.5 Å². The Kier molecular flexibility index (Phi) is 8.58. The van der Waals surface area contributed by atoms with Gasteiger partial charge >= 0.3 is 18.0 Å². The maximum atomic E-state index is 12.7. The number of benzene rings is 2. The maximum absolute atomic E-state index is 12.7.